The first-order valence-corrected chi connectivity index (χ1v) is 12.0. The molecule has 3 fully saturated rings. The molecule has 2 aliphatic heterocycles. The number of hydrogen-bond donors (Lipinski definition) is 0. The molecule has 1 aromatic carbocycles. The normalized spacial score (nSPS) is 25.0. The fourth-order valence-corrected chi connectivity index (χ4v) is 6.52. The summed E-state index contributed by atoms with van der Waals surface area (Å²) < 4.78 is 5.56. The van der Waals surface area contributed by atoms with E-state index in [-0.39, 0.29) is 5.91 Å². The molecule has 0 radical (unpaired) electrons. The quantitative estimate of drug-likeness (QED) is 0.710. The average molecular weight is 411 g/mol. The molecule has 5 heteroatoms. The Kier molecular flexibility index (Phi) is 5.60. The van der Waals surface area contributed by atoms with Crippen molar-refractivity contribution in [2.75, 3.05) is 37.7 Å². The number of amides is 1. The first-order valence-electron chi connectivity index (χ1n) is 11.1. The van der Waals surface area contributed by atoms with Crippen LogP contribution in [0.25, 0.3) is 11.1 Å². The van der Waals surface area contributed by atoms with Gasteiger partial charge in [0.15, 0.2) is 0 Å². The van der Waals surface area contributed by atoms with E-state index < -0.39 is 0 Å². The van der Waals surface area contributed by atoms with Crippen molar-refractivity contribution in [2.45, 2.75) is 44.6 Å². The van der Waals surface area contributed by atoms with E-state index in [9.17, 15) is 4.79 Å². The van der Waals surface area contributed by atoms with Gasteiger partial charge in [0.25, 0.3) is 5.91 Å². The smallest absolute Gasteiger partial charge is 0.264 e. The van der Waals surface area contributed by atoms with Crippen LogP contribution in [0.1, 0.15) is 48.2 Å². The molecule has 1 saturated carbocycles. The molecule has 2 unspecified atom stereocenters. The zero-order chi connectivity index (χ0) is 19.6. The molecule has 154 valence electrons. The molecule has 1 amide bonds. The van der Waals surface area contributed by atoms with Gasteiger partial charge in [-0.05, 0) is 43.2 Å². The molecule has 3 aliphatic rings. The lowest BCUT2D eigenvalue weighted by Crippen LogP contribution is -2.49. The number of hydrogen-bond acceptors (Lipinski definition) is 4. The molecular formula is C24H30N2O2S. The van der Waals surface area contributed by atoms with Crippen LogP contribution >= 0.6 is 11.3 Å². The fraction of sp³-hybridized carbons (Fsp3) is 0.542. The number of likely N-dealkylation sites (tertiary alicyclic amines) is 1. The van der Waals surface area contributed by atoms with Gasteiger partial charge < -0.3 is 14.5 Å². The number of piperidine rings is 1. The van der Waals surface area contributed by atoms with Crippen molar-refractivity contribution in [1.29, 1.82) is 0 Å². The number of fused-ring (bicyclic) bond motifs is 1. The van der Waals surface area contributed by atoms with Gasteiger partial charge in [-0.15, -0.1) is 11.3 Å². The summed E-state index contributed by atoms with van der Waals surface area (Å²) in [6, 6.07) is 13.1. The minimum Gasteiger partial charge on any atom is -0.378 e. The molecule has 3 heterocycles. The van der Waals surface area contributed by atoms with Gasteiger partial charge >= 0.3 is 0 Å². The number of carbonyl (C=O) groups excluding carboxylic acids is 1. The third kappa shape index (κ3) is 3.82. The second kappa shape index (κ2) is 8.49. The maximum absolute atomic E-state index is 13.6. The summed E-state index contributed by atoms with van der Waals surface area (Å²) in [6.45, 7) is 4.22. The van der Waals surface area contributed by atoms with E-state index in [1.165, 1.54) is 48.2 Å². The van der Waals surface area contributed by atoms with Crippen LogP contribution in [-0.2, 0) is 4.74 Å². The van der Waals surface area contributed by atoms with Gasteiger partial charge in [0, 0.05) is 31.2 Å². The van der Waals surface area contributed by atoms with Crippen molar-refractivity contribution >= 4 is 22.2 Å². The van der Waals surface area contributed by atoms with Crippen molar-refractivity contribution in [3.05, 3.63) is 41.3 Å². The number of ether oxygens (including phenoxy) is 1. The predicted octanol–water partition coefficient (Wildman–Crippen LogP) is 5.05. The third-order valence-electron chi connectivity index (χ3n) is 6.81. The molecule has 1 aliphatic carbocycles. The third-order valence-corrected chi connectivity index (χ3v) is 7.99. The molecule has 2 atom stereocenters. The first kappa shape index (κ1) is 19.1. The maximum atomic E-state index is 13.6. The topological polar surface area (TPSA) is 32.8 Å². The number of carbonyl (C=O) groups is 1. The van der Waals surface area contributed by atoms with E-state index in [0.717, 1.165) is 44.1 Å². The molecule has 0 N–H and O–H groups in total. The Morgan fingerprint density at radius 2 is 1.72 bits per heavy atom. The summed E-state index contributed by atoms with van der Waals surface area (Å²) in [4.78, 5) is 19.1. The van der Waals surface area contributed by atoms with E-state index in [1.807, 2.05) is 6.07 Å². The van der Waals surface area contributed by atoms with Crippen LogP contribution in [0.3, 0.4) is 0 Å². The minimum atomic E-state index is 0.253. The minimum absolute atomic E-state index is 0.253. The van der Waals surface area contributed by atoms with E-state index in [4.69, 9.17) is 4.74 Å². The zero-order valence-electron chi connectivity index (χ0n) is 17.0. The second-order valence-electron chi connectivity index (χ2n) is 8.55. The molecule has 0 spiro atoms. The molecular weight excluding hydrogens is 380 g/mol. The SMILES string of the molecule is O=C(c1cc(-c2ccccc2)c(N2CCOCC2)s1)N1CCCC2CCCCC21. The van der Waals surface area contributed by atoms with Crippen molar-refractivity contribution in [3.63, 3.8) is 0 Å². The van der Waals surface area contributed by atoms with Crippen LogP contribution in [0.5, 0.6) is 0 Å². The maximum Gasteiger partial charge on any atom is 0.264 e. The lowest BCUT2D eigenvalue weighted by atomic mass is 9.78. The van der Waals surface area contributed by atoms with Gasteiger partial charge in [0.1, 0.15) is 0 Å². The molecule has 0 bridgehead atoms. The van der Waals surface area contributed by atoms with E-state index in [0.29, 0.717) is 12.0 Å². The Balaban J connectivity index is 1.48. The number of benzene rings is 1. The highest BCUT2D eigenvalue weighted by Crippen LogP contribution is 2.42. The Labute approximate surface area is 177 Å². The highest BCUT2D eigenvalue weighted by molar-refractivity contribution is 7.18. The highest BCUT2D eigenvalue weighted by atomic mass is 32.1. The fourth-order valence-electron chi connectivity index (χ4n) is 5.33. The largest absolute Gasteiger partial charge is 0.378 e. The molecule has 4 nitrogen and oxygen atoms in total. The van der Waals surface area contributed by atoms with Gasteiger partial charge in [-0.25, -0.2) is 0 Å². The molecule has 5 rings (SSSR count). The van der Waals surface area contributed by atoms with E-state index in [1.54, 1.807) is 11.3 Å². The van der Waals surface area contributed by atoms with Crippen LogP contribution in [0, 0.1) is 5.92 Å². The highest BCUT2D eigenvalue weighted by Gasteiger charge is 2.37. The van der Waals surface area contributed by atoms with Gasteiger partial charge in [-0.2, -0.15) is 0 Å². The number of thiophene rings is 1. The first-order chi connectivity index (χ1) is 14.3. The Morgan fingerprint density at radius 1 is 0.966 bits per heavy atom. The summed E-state index contributed by atoms with van der Waals surface area (Å²) in [6.07, 6.45) is 7.54. The molecule has 2 saturated heterocycles. The van der Waals surface area contributed by atoms with Crippen LogP contribution in [-0.4, -0.2) is 49.7 Å². The number of rotatable bonds is 3. The van der Waals surface area contributed by atoms with Gasteiger partial charge in [0.2, 0.25) is 0 Å². The van der Waals surface area contributed by atoms with Crippen molar-refractivity contribution < 1.29 is 9.53 Å². The summed E-state index contributed by atoms with van der Waals surface area (Å²) in [5, 5.41) is 1.22. The lowest BCUT2D eigenvalue weighted by Gasteiger charge is -2.44. The van der Waals surface area contributed by atoms with Gasteiger partial charge in [-0.1, -0.05) is 43.2 Å². The standard InChI is InChI=1S/C24H30N2O2S/c27-23(26-12-6-10-19-9-4-5-11-21(19)26)22-17-20(18-7-2-1-3-8-18)24(29-22)25-13-15-28-16-14-25/h1-3,7-8,17,19,21H,4-6,9-16H2. The summed E-state index contributed by atoms with van der Waals surface area (Å²) in [7, 11) is 0. The van der Waals surface area contributed by atoms with Crippen molar-refractivity contribution in [2.24, 2.45) is 5.92 Å². The predicted molar refractivity (Wildman–Crippen MR) is 119 cm³/mol. The monoisotopic (exact) mass is 410 g/mol. The van der Waals surface area contributed by atoms with Crippen molar-refractivity contribution in [1.82, 2.24) is 4.90 Å². The van der Waals surface area contributed by atoms with E-state index in [2.05, 4.69) is 40.1 Å². The summed E-state index contributed by atoms with van der Waals surface area (Å²) in [5.41, 5.74) is 2.39. The lowest BCUT2D eigenvalue weighted by molar-refractivity contribution is 0.0395. The van der Waals surface area contributed by atoms with Crippen LogP contribution in [0.2, 0.25) is 0 Å². The van der Waals surface area contributed by atoms with Crippen LogP contribution in [0.4, 0.5) is 5.00 Å². The van der Waals surface area contributed by atoms with Gasteiger partial charge in [0.05, 0.1) is 23.1 Å². The average Bonchev–Trinajstić information content (AvgIpc) is 3.25. The van der Waals surface area contributed by atoms with Crippen molar-refractivity contribution in [3.8, 4) is 11.1 Å². The molecule has 1 aromatic heterocycles. The van der Waals surface area contributed by atoms with Crippen LogP contribution in [0.15, 0.2) is 36.4 Å². The Hall–Kier alpha value is -1.85. The number of morpholine rings is 1. The number of nitrogens with zero attached hydrogens (tertiary/aromatic N) is 2. The molecule has 2 aromatic rings. The number of anilines is 1. The zero-order valence-corrected chi connectivity index (χ0v) is 17.8. The molecule has 29 heavy (non-hydrogen) atoms. The summed E-state index contributed by atoms with van der Waals surface area (Å²) >= 11 is 1.68. The Morgan fingerprint density at radius 3 is 2.55 bits per heavy atom. The second-order valence-corrected chi connectivity index (χ2v) is 9.58. The Bertz CT molecular complexity index is 842. The van der Waals surface area contributed by atoms with Crippen LogP contribution < -0.4 is 4.90 Å². The van der Waals surface area contributed by atoms with Gasteiger partial charge in [-0.3, -0.25) is 4.79 Å². The summed E-state index contributed by atoms with van der Waals surface area (Å²) in [5.74, 6) is 0.969. The van der Waals surface area contributed by atoms with E-state index >= 15 is 0 Å².